The molecular formula is C14H13ClFN2OP. The van der Waals surface area contributed by atoms with Gasteiger partial charge in [-0.1, -0.05) is 11.6 Å². The van der Waals surface area contributed by atoms with Crippen molar-refractivity contribution in [2.24, 2.45) is 5.73 Å². The van der Waals surface area contributed by atoms with Crippen LogP contribution in [0.15, 0.2) is 22.7 Å². The van der Waals surface area contributed by atoms with Crippen LogP contribution in [0, 0.1) is 12.7 Å². The van der Waals surface area contributed by atoms with Crippen LogP contribution in [0.25, 0.3) is 15.9 Å². The third kappa shape index (κ3) is 1.87. The Labute approximate surface area is 120 Å². The number of nitrogens with two attached hydrogens (primary N) is 1. The van der Waals surface area contributed by atoms with Gasteiger partial charge in [0, 0.05) is 27.4 Å². The maximum Gasteiger partial charge on any atom is 0.259 e. The first-order valence-electron chi connectivity index (χ1n) is 6.18. The zero-order valence-corrected chi connectivity index (χ0v) is 12.6. The zero-order valence-electron chi connectivity index (χ0n) is 11.0. The van der Waals surface area contributed by atoms with Gasteiger partial charge in [-0.3, -0.25) is 4.79 Å². The second-order valence-electron chi connectivity index (χ2n) is 4.97. The lowest BCUT2D eigenvalue weighted by atomic mass is 9.98. The first-order chi connectivity index (χ1) is 9.40. The van der Waals surface area contributed by atoms with E-state index in [0.717, 1.165) is 16.1 Å². The number of fused-ring (bicyclic) bond motifs is 3. The Bertz CT molecular complexity index is 898. The summed E-state index contributed by atoms with van der Waals surface area (Å²) in [5.41, 5.74) is 7.27. The molecule has 3 aromatic rings. The lowest BCUT2D eigenvalue weighted by molar-refractivity contribution is 0.634. The molecule has 6 heteroatoms. The summed E-state index contributed by atoms with van der Waals surface area (Å²) in [6.07, 6.45) is 0. The third-order valence-electron chi connectivity index (χ3n) is 3.54. The van der Waals surface area contributed by atoms with E-state index in [4.69, 9.17) is 17.3 Å². The SMILES string of the molecule is Cc1c(Cl)cc(C(C)N)c2c1c(=O)[nH]p1cc(F)cc21. The Hall–Kier alpha value is -1.35. The molecule has 2 atom stereocenters. The van der Waals surface area contributed by atoms with E-state index >= 15 is 0 Å². The highest BCUT2D eigenvalue weighted by Crippen LogP contribution is 2.40. The molecule has 2 heterocycles. The number of rotatable bonds is 1. The second kappa shape index (κ2) is 4.59. The Morgan fingerprint density at radius 3 is 2.75 bits per heavy atom. The minimum Gasteiger partial charge on any atom is -0.324 e. The summed E-state index contributed by atoms with van der Waals surface area (Å²) in [7, 11) is -1.12. The Morgan fingerprint density at radius 2 is 2.10 bits per heavy atom. The molecule has 0 saturated heterocycles. The molecule has 2 unspecified atom stereocenters. The summed E-state index contributed by atoms with van der Waals surface area (Å²) in [5.74, 6) is 1.14. The van der Waals surface area contributed by atoms with Crippen LogP contribution >= 0.6 is 19.1 Å². The molecule has 3 rings (SSSR count). The van der Waals surface area contributed by atoms with Gasteiger partial charge >= 0.3 is 0 Å². The van der Waals surface area contributed by atoms with Crippen molar-refractivity contribution in [3.8, 4) is 0 Å². The highest BCUT2D eigenvalue weighted by Gasteiger charge is 2.17. The van der Waals surface area contributed by atoms with Gasteiger partial charge < -0.3 is 10.5 Å². The van der Waals surface area contributed by atoms with Crippen molar-refractivity contribution < 1.29 is 4.39 Å². The molecule has 0 saturated carbocycles. The minimum atomic E-state index is -1.12. The number of halogens is 2. The van der Waals surface area contributed by atoms with Crippen molar-refractivity contribution in [3.05, 3.63) is 50.3 Å². The smallest absolute Gasteiger partial charge is 0.259 e. The van der Waals surface area contributed by atoms with Crippen LogP contribution in [0.4, 0.5) is 4.39 Å². The first kappa shape index (κ1) is 13.6. The number of hydrogen-bond acceptors (Lipinski definition) is 2. The molecule has 0 aliphatic rings. The summed E-state index contributed by atoms with van der Waals surface area (Å²) < 4.78 is 16.4. The van der Waals surface area contributed by atoms with Crippen LogP contribution < -0.4 is 11.3 Å². The summed E-state index contributed by atoms with van der Waals surface area (Å²) in [6.45, 7) is 3.62. The fourth-order valence-electron chi connectivity index (χ4n) is 2.57. The number of H-pyrrole nitrogens is 1. The van der Waals surface area contributed by atoms with Gasteiger partial charge in [0.15, 0.2) is 0 Å². The molecule has 0 amide bonds. The molecule has 1 aromatic carbocycles. The van der Waals surface area contributed by atoms with Crippen LogP contribution in [0.2, 0.25) is 5.02 Å². The molecule has 20 heavy (non-hydrogen) atoms. The van der Waals surface area contributed by atoms with Crippen molar-refractivity contribution in [1.82, 2.24) is 4.75 Å². The first-order valence-corrected chi connectivity index (χ1v) is 7.97. The van der Waals surface area contributed by atoms with Gasteiger partial charge in [0.2, 0.25) is 0 Å². The number of aromatic nitrogens is 1. The van der Waals surface area contributed by atoms with E-state index in [-0.39, 0.29) is 17.4 Å². The Morgan fingerprint density at radius 1 is 1.40 bits per heavy atom. The zero-order chi connectivity index (χ0) is 14.6. The summed E-state index contributed by atoms with van der Waals surface area (Å²) in [4.78, 5) is 12.3. The number of hydrogen-bond donors (Lipinski definition) is 2. The van der Waals surface area contributed by atoms with Crippen molar-refractivity contribution in [2.45, 2.75) is 19.9 Å². The summed E-state index contributed by atoms with van der Waals surface area (Å²) in [6, 6.07) is 2.97. The van der Waals surface area contributed by atoms with Gasteiger partial charge in [-0.2, -0.15) is 0 Å². The standard InChI is InChI=1S/C14H13ClFN2OP/c1-6-10(15)4-9(7(2)17)13-11-3-8(16)5-20(11)18-14(19)12(6)13/h3-5,7H,17H2,1-2H3,(H,18,19). The monoisotopic (exact) mass is 310 g/mol. The van der Waals surface area contributed by atoms with E-state index in [9.17, 15) is 9.18 Å². The number of benzene rings is 1. The van der Waals surface area contributed by atoms with Crippen LogP contribution in [0.3, 0.4) is 0 Å². The summed E-state index contributed by atoms with van der Waals surface area (Å²) >= 11 is 6.19. The van der Waals surface area contributed by atoms with Crippen LogP contribution in [-0.4, -0.2) is 4.75 Å². The van der Waals surface area contributed by atoms with Crippen molar-refractivity contribution >= 4 is 35.0 Å². The number of nitrogens with one attached hydrogen (secondary N) is 1. The molecule has 0 spiro atoms. The Balaban J connectivity index is 2.69. The largest absolute Gasteiger partial charge is 0.324 e. The quantitative estimate of drug-likeness (QED) is 0.711. The maximum absolute atomic E-state index is 13.6. The van der Waals surface area contributed by atoms with Crippen molar-refractivity contribution in [2.75, 3.05) is 0 Å². The molecule has 3 nitrogen and oxygen atoms in total. The molecule has 0 radical (unpaired) electrons. The number of aromatic amines is 1. The highest BCUT2D eigenvalue weighted by molar-refractivity contribution is 7.47. The number of aryl methyl sites for hydroxylation is 1. The molecule has 0 bridgehead atoms. The molecule has 3 N–H and O–H groups in total. The van der Waals surface area contributed by atoms with E-state index in [0.29, 0.717) is 16.0 Å². The predicted molar refractivity (Wildman–Crippen MR) is 82.5 cm³/mol. The van der Waals surface area contributed by atoms with Crippen LogP contribution in [-0.2, 0) is 0 Å². The molecule has 104 valence electrons. The fourth-order valence-corrected chi connectivity index (χ4v) is 4.50. The van der Waals surface area contributed by atoms with Gasteiger partial charge in [0.05, 0.1) is 5.39 Å². The van der Waals surface area contributed by atoms with Crippen molar-refractivity contribution in [1.29, 1.82) is 0 Å². The topological polar surface area (TPSA) is 58.9 Å². The maximum atomic E-state index is 13.6. The van der Waals surface area contributed by atoms with Gasteiger partial charge in [0.1, 0.15) is 5.82 Å². The van der Waals surface area contributed by atoms with E-state index in [1.54, 1.807) is 13.0 Å². The molecule has 2 aromatic heterocycles. The average molecular weight is 311 g/mol. The van der Waals surface area contributed by atoms with E-state index in [1.807, 2.05) is 6.92 Å². The van der Waals surface area contributed by atoms with Gasteiger partial charge in [-0.05, 0) is 44.6 Å². The van der Waals surface area contributed by atoms with Crippen LogP contribution in [0.5, 0.6) is 0 Å². The normalized spacial score (nSPS) is 14.2. The predicted octanol–water partition coefficient (Wildman–Crippen LogP) is 4.09. The lowest BCUT2D eigenvalue weighted by Crippen LogP contribution is -2.11. The van der Waals surface area contributed by atoms with Gasteiger partial charge in [-0.15, -0.1) is 0 Å². The molecule has 0 fully saturated rings. The van der Waals surface area contributed by atoms with E-state index in [2.05, 4.69) is 4.75 Å². The van der Waals surface area contributed by atoms with E-state index < -0.39 is 7.50 Å². The second-order valence-corrected chi connectivity index (χ2v) is 7.08. The highest BCUT2D eigenvalue weighted by atomic mass is 35.5. The molecular weight excluding hydrogens is 298 g/mol. The minimum absolute atomic E-state index is 0.212. The van der Waals surface area contributed by atoms with E-state index in [1.165, 1.54) is 11.9 Å². The summed E-state index contributed by atoms with van der Waals surface area (Å²) in [5, 5.41) is 2.57. The molecule has 0 aliphatic heterocycles. The Kier molecular flexibility index (Phi) is 3.13. The molecule has 0 aliphatic carbocycles. The lowest BCUT2D eigenvalue weighted by Gasteiger charge is -2.14. The van der Waals surface area contributed by atoms with Crippen LogP contribution in [0.1, 0.15) is 24.1 Å². The van der Waals surface area contributed by atoms with Gasteiger partial charge in [-0.25, -0.2) is 4.39 Å². The average Bonchev–Trinajstić information content (AvgIpc) is 2.72. The van der Waals surface area contributed by atoms with Gasteiger partial charge in [0.25, 0.3) is 5.56 Å². The van der Waals surface area contributed by atoms with Crippen molar-refractivity contribution in [3.63, 3.8) is 0 Å². The fraction of sp³-hybridized carbons (Fsp3) is 0.214. The third-order valence-corrected chi connectivity index (χ3v) is 5.75.